The van der Waals surface area contributed by atoms with Crippen LogP contribution in [-0.4, -0.2) is 87.2 Å². The number of carbonyl (C=O) groups is 2. The van der Waals surface area contributed by atoms with E-state index in [9.17, 15) is 19.8 Å². The number of hydrogen-bond acceptors (Lipinski definition) is 10. The van der Waals surface area contributed by atoms with E-state index < -0.39 is 24.1 Å². The summed E-state index contributed by atoms with van der Waals surface area (Å²) in [6, 6.07) is 4.55. The maximum atomic E-state index is 11.3. The van der Waals surface area contributed by atoms with Crippen molar-refractivity contribution >= 4 is 11.9 Å². The van der Waals surface area contributed by atoms with Crippen LogP contribution in [0.1, 0.15) is 88.2 Å². The van der Waals surface area contributed by atoms with E-state index in [1.165, 1.54) is 49.7 Å². The largest absolute Gasteiger partial charge is 0.490 e. The van der Waals surface area contributed by atoms with Crippen LogP contribution in [0, 0.1) is 35.5 Å². The Labute approximate surface area is 308 Å². The Balaban J connectivity index is 1.13. The van der Waals surface area contributed by atoms with Gasteiger partial charge in [-0.15, -0.1) is 0 Å². The quantitative estimate of drug-likeness (QED) is 0.0998. The van der Waals surface area contributed by atoms with Gasteiger partial charge in [0.15, 0.2) is 0 Å². The molecule has 286 valence electrons. The summed E-state index contributed by atoms with van der Waals surface area (Å²) >= 11 is 0. The molecular weight excluding hydrogens is 664 g/mol. The molecule has 2 unspecified atom stereocenters. The second-order valence-electron chi connectivity index (χ2n) is 17.1. The fraction of sp³-hybridized carbons (Fsp3) is 0.714. The molecule has 0 heterocycles. The van der Waals surface area contributed by atoms with E-state index >= 15 is 0 Å². The molecule has 0 aliphatic heterocycles. The molecule has 9 rings (SSSR count). The third-order valence-electron chi connectivity index (χ3n) is 13.1. The highest BCUT2D eigenvalue weighted by molar-refractivity contribution is 5.81. The van der Waals surface area contributed by atoms with Crippen molar-refractivity contribution < 1.29 is 48.2 Å². The minimum Gasteiger partial charge on any atom is -0.490 e. The summed E-state index contributed by atoms with van der Waals surface area (Å²) in [6.07, 6.45) is 15.3. The van der Waals surface area contributed by atoms with Gasteiger partial charge in [0.25, 0.3) is 0 Å². The molecule has 8 bridgehead atoms. The van der Waals surface area contributed by atoms with E-state index in [4.69, 9.17) is 28.4 Å². The van der Waals surface area contributed by atoms with Gasteiger partial charge in [0.1, 0.15) is 50.1 Å². The lowest BCUT2D eigenvalue weighted by atomic mass is 9.47. The van der Waals surface area contributed by atoms with Gasteiger partial charge in [-0.05, 0) is 136 Å². The zero-order valence-corrected chi connectivity index (χ0v) is 30.6. The first-order valence-electron chi connectivity index (χ1n) is 19.7. The summed E-state index contributed by atoms with van der Waals surface area (Å²) in [7, 11) is 0. The maximum absolute atomic E-state index is 11.3. The molecule has 8 saturated carbocycles. The van der Waals surface area contributed by atoms with Crippen molar-refractivity contribution in [1.82, 2.24) is 0 Å². The second-order valence-corrected chi connectivity index (χ2v) is 17.1. The van der Waals surface area contributed by atoms with Crippen LogP contribution in [0.2, 0.25) is 0 Å². The van der Waals surface area contributed by atoms with Crippen molar-refractivity contribution in [2.24, 2.45) is 35.5 Å². The minimum atomic E-state index is -0.853. The van der Waals surface area contributed by atoms with Crippen molar-refractivity contribution in [3.8, 4) is 11.5 Å². The summed E-state index contributed by atoms with van der Waals surface area (Å²) in [6.45, 7) is 7.65. The van der Waals surface area contributed by atoms with Crippen LogP contribution >= 0.6 is 0 Å². The number of benzene rings is 1. The normalized spacial score (nSPS) is 33.3. The van der Waals surface area contributed by atoms with Crippen LogP contribution in [0.5, 0.6) is 11.5 Å². The number of esters is 2. The first-order chi connectivity index (χ1) is 25.2. The molecule has 0 amide bonds. The van der Waals surface area contributed by atoms with E-state index in [1.807, 2.05) is 0 Å². The average molecular weight is 723 g/mol. The Hall–Kier alpha value is -2.92. The molecule has 8 fully saturated rings. The molecule has 10 nitrogen and oxygen atoms in total. The maximum Gasteiger partial charge on any atom is 0.330 e. The van der Waals surface area contributed by atoms with Crippen LogP contribution in [0.4, 0.5) is 0 Å². The number of carbonyl (C=O) groups excluding carboxylic acids is 2. The molecule has 10 heteroatoms. The summed E-state index contributed by atoms with van der Waals surface area (Å²) < 4.78 is 34.6. The van der Waals surface area contributed by atoms with Crippen LogP contribution in [0.15, 0.2) is 37.4 Å². The van der Waals surface area contributed by atoms with E-state index in [1.54, 1.807) is 0 Å². The van der Waals surface area contributed by atoms with Gasteiger partial charge in [-0.25, -0.2) is 9.59 Å². The summed E-state index contributed by atoms with van der Waals surface area (Å²) in [5.41, 5.74) is 2.38. The molecule has 1 aromatic carbocycles. The van der Waals surface area contributed by atoms with Crippen molar-refractivity contribution in [2.45, 2.75) is 100 Å². The Bertz CT molecular complexity index is 1270. The molecule has 2 N–H and O–H groups in total. The predicted molar refractivity (Wildman–Crippen MR) is 193 cm³/mol. The van der Waals surface area contributed by atoms with Crippen molar-refractivity contribution in [3.63, 3.8) is 0 Å². The summed E-state index contributed by atoms with van der Waals surface area (Å²) in [5, 5.41) is 21.9. The Morgan fingerprint density at radius 3 is 1.23 bits per heavy atom. The Kier molecular flexibility index (Phi) is 11.7. The Morgan fingerprint density at radius 1 is 0.596 bits per heavy atom. The van der Waals surface area contributed by atoms with Crippen LogP contribution in [0.3, 0.4) is 0 Å². The van der Waals surface area contributed by atoms with Crippen LogP contribution < -0.4 is 9.47 Å². The molecule has 0 radical (unpaired) electrons. The number of aliphatic hydroxyl groups is 2. The second kappa shape index (κ2) is 16.2. The van der Waals surface area contributed by atoms with E-state index in [2.05, 4.69) is 25.3 Å². The van der Waals surface area contributed by atoms with E-state index in [0.29, 0.717) is 0 Å². The van der Waals surface area contributed by atoms with Gasteiger partial charge in [-0.3, -0.25) is 0 Å². The van der Waals surface area contributed by atoms with Crippen molar-refractivity contribution in [2.75, 3.05) is 52.9 Å². The molecular formula is C42H58O10. The highest BCUT2D eigenvalue weighted by Gasteiger charge is 2.55. The predicted octanol–water partition coefficient (Wildman–Crippen LogP) is 5.59. The van der Waals surface area contributed by atoms with Crippen LogP contribution in [-0.2, 0) is 39.4 Å². The SMILES string of the molecule is C=CC(=O)OCCOCC(O)COc1cc(C23CC4CC(CC(C4)C2)C3)c(OCC(O)COCCOC(=O)C=C)cc1C12CC3CC(CC(C3)C1)C2. The van der Waals surface area contributed by atoms with Crippen molar-refractivity contribution in [3.05, 3.63) is 48.6 Å². The van der Waals surface area contributed by atoms with Gasteiger partial charge in [0, 0.05) is 23.3 Å². The number of rotatable bonds is 20. The molecule has 0 saturated heterocycles. The number of aliphatic hydroxyl groups excluding tert-OH is 2. The zero-order valence-electron chi connectivity index (χ0n) is 30.6. The fourth-order valence-electron chi connectivity index (χ4n) is 11.9. The van der Waals surface area contributed by atoms with Gasteiger partial charge in [-0.1, -0.05) is 13.2 Å². The molecule has 0 aromatic heterocycles. The lowest BCUT2D eigenvalue weighted by Gasteiger charge is -2.58. The molecule has 2 atom stereocenters. The average Bonchev–Trinajstić information content (AvgIpc) is 3.11. The van der Waals surface area contributed by atoms with Gasteiger partial charge < -0.3 is 38.6 Å². The number of hydrogen-bond donors (Lipinski definition) is 2. The summed E-state index contributed by atoms with van der Waals surface area (Å²) in [5.74, 6) is 5.08. The van der Waals surface area contributed by atoms with E-state index in [0.717, 1.165) is 97.7 Å². The van der Waals surface area contributed by atoms with E-state index in [-0.39, 0.29) is 63.7 Å². The van der Waals surface area contributed by atoms with Gasteiger partial charge in [-0.2, -0.15) is 0 Å². The third-order valence-corrected chi connectivity index (χ3v) is 13.1. The van der Waals surface area contributed by atoms with Crippen LogP contribution in [0.25, 0.3) is 0 Å². The van der Waals surface area contributed by atoms with Gasteiger partial charge in [0.05, 0.1) is 26.4 Å². The van der Waals surface area contributed by atoms with Crippen molar-refractivity contribution in [1.29, 1.82) is 0 Å². The molecule has 0 spiro atoms. The van der Waals surface area contributed by atoms with Gasteiger partial charge >= 0.3 is 11.9 Å². The monoisotopic (exact) mass is 722 g/mol. The lowest BCUT2D eigenvalue weighted by molar-refractivity contribution is -0.140. The molecule has 1 aromatic rings. The first-order valence-corrected chi connectivity index (χ1v) is 19.7. The summed E-state index contributed by atoms with van der Waals surface area (Å²) in [4.78, 5) is 22.7. The fourth-order valence-corrected chi connectivity index (χ4v) is 11.9. The molecule has 52 heavy (non-hydrogen) atoms. The smallest absolute Gasteiger partial charge is 0.330 e. The number of ether oxygens (including phenoxy) is 6. The Morgan fingerprint density at radius 2 is 0.923 bits per heavy atom. The molecule has 8 aliphatic rings. The highest BCUT2D eigenvalue weighted by atomic mass is 16.6. The molecule has 8 aliphatic carbocycles. The lowest BCUT2D eigenvalue weighted by Crippen LogP contribution is -2.49. The standard InChI is InChI=1S/C42H58O10/c1-3-39(45)49-7-5-47-23-33(43)25-51-37-15-36(42-20-30-12-31(21-42)14-32(13-30)22-42)38(52-26-34(44)24-48-6-8-50-40(46)4-2)16-35(37)41-17-27-9-28(18-41)11-29(10-27)19-41/h3-4,15-16,27-34,43-44H,1-2,5-14,17-26H2. The first kappa shape index (κ1) is 37.4. The zero-order chi connectivity index (χ0) is 36.3. The van der Waals surface area contributed by atoms with Gasteiger partial charge in [0.2, 0.25) is 0 Å². The minimum absolute atomic E-state index is 0.00325. The third kappa shape index (κ3) is 8.40. The highest BCUT2D eigenvalue weighted by Crippen LogP contribution is 2.65. The topological polar surface area (TPSA) is 130 Å².